The minimum absolute atomic E-state index is 0.0260. The summed E-state index contributed by atoms with van der Waals surface area (Å²) in [4.78, 5) is 31.4. The Morgan fingerprint density at radius 3 is 2.27 bits per heavy atom. The van der Waals surface area contributed by atoms with Crippen LogP contribution in [0.2, 0.25) is 5.02 Å². The van der Waals surface area contributed by atoms with E-state index >= 15 is 0 Å². The van der Waals surface area contributed by atoms with Gasteiger partial charge in [-0.05, 0) is 78.9 Å². The maximum absolute atomic E-state index is 14.2. The number of hydrogen-bond acceptors (Lipinski definition) is 2. The van der Waals surface area contributed by atoms with Gasteiger partial charge in [0.15, 0.2) is 0 Å². The van der Waals surface area contributed by atoms with Crippen LogP contribution in [0.3, 0.4) is 0 Å². The average Bonchev–Trinajstić information content (AvgIpc) is 3.66. The van der Waals surface area contributed by atoms with Gasteiger partial charge in [0.25, 0.3) is 5.91 Å². The molecule has 1 saturated carbocycles. The Labute approximate surface area is 221 Å². The molecule has 37 heavy (non-hydrogen) atoms. The highest BCUT2D eigenvalue weighted by Gasteiger charge is 2.40. The Morgan fingerprint density at radius 2 is 1.59 bits per heavy atom. The molecule has 2 aliphatic rings. The summed E-state index contributed by atoms with van der Waals surface area (Å²) in [5, 5.41) is 0.646. The summed E-state index contributed by atoms with van der Waals surface area (Å²) in [6.45, 7) is 2.12. The number of rotatable bonds is 6. The van der Waals surface area contributed by atoms with E-state index in [2.05, 4.69) is 17.6 Å². The lowest BCUT2D eigenvalue weighted by molar-refractivity contribution is -0.119. The number of carbonyl (C=O) groups excluding carboxylic acids is 2. The minimum Gasteiger partial charge on any atom is -0.326 e. The zero-order valence-corrected chi connectivity index (χ0v) is 21.4. The minimum atomic E-state index is -0.338. The maximum atomic E-state index is 14.2. The van der Waals surface area contributed by atoms with Crippen LogP contribution in [0.25, 0.3) is 5.69 Å². The largest absolute Gasteiger partial charge is 0.326 e. The topological polar surface area (TPSA) is 45.6 Å². The first-order valence-corrected chi connectivity index (χ1v) is 13.2. The van der Waals surface area contributed by atoms with Crippen LogP contribution in [0, 0.1) is 0 Å². The van der Waals surface area contributed by atoms with Crippen molar-refractivity contribution in [3.05, 3.63) is 119 Å². The van der Waals surface area contributed by atoms with Gasteiger partial charge in [-0.15, -0.1) is 0 Å². The third kappa shape index (κ3) is 4.34. The first kappa shape index (κ1) is 23.6. The molecule has 4 aromatic rings. The fourth-order valence-electron chi connectivity index (χ4n) is 5.25. The third-order valence-corrected chi connectivity index (χ3v) is 7.59. The normalized spacial score (nSPS) is 16.2. The second-order valence-corrected chi connectivity index (χ2v) is 10.2. The van der Waals surface area contributed by atoms with Crippen molar-refractivity contribution in [1.82, 2.24) is 9.47 Å². The Balaban J connectivity index is 1.38. The van der Waals surface area contributed by atoms with Crippen LogP contribution in [0.4, 0.5) is 5.69 Å². The van der Waals surface area contributed by atoms with Gasteiger partial charge in [0.2, 0.25) is 5.91 Å². The first-order valence-electron chi connectivity index (χ1n) is 12.8. The Hall–Kier alpha value is -3.83. The molecule has 0 saturated heterocycles. The monoisotopic (exact) mass is 509 g/mol. The number of carbonyl (C=O) groups is 2. The van der Waals surface area contributed by atoms with Gasteiger partial charge in [-0.1, -0.05) is 54.9 Å². The van der Waals surface area contributed by atoms with Crippen molar-refractivity contribution in [2.24, 2.45) is 0 Å². The number of fused-ring (bicyclic) bond motifs is 3. The van der Waals surface area contributed by atoms with Crippen LogP contribution in [-0.4, -0.2) is 33.9 Å². The molecule has 0 bridgehead atoms. The molecule has 1 fully saturated rings. The van der Waals surface area contributed by atoms with Crippen LogP contribution in [0.15, 0.2) is 91.1 Å². The average molecular weight is 510 g/mol. The molecule has 2 amide bonds. The molecule has 1 unspecified atom stereocenters. The molecule has 2 heterocycles. The highest BCUT2D eigenvalue weighted by molar-refractivity contribution is 6.30. The zero-order chi connectivity index (χ0) is 25.5. The van der Waals surface area contributed by atoms with E-state index in [0.29, 0.717) is 10.6 Å². The summed E-state index contributed by atoms with van der Waals surface area (Å²) >= 11 is 6.20. The van der Waals surface area contributed by atoms with Crippen molar-refractivity contribution in [2.75, 3.05) is 11.4 Å². The molecular weight excluding hydrogens is 482 g/mol. The number of amides is 2. The summed E-state index contributed by atoms with van der Waals surface area (Å²) in [5.41, 5.74) is 5.54. The molecule has 6 rings (SSSR count). The Morgan fingerprint density at radius 1 is 0.892 bits per heavy atom. The van der Waals surface area contributed by atoms with Crippen molar-refractivity contribution in [2.45, 2.75) is 38.3 Å². The third-order valence-electron chi connectivity index (χ3n) is 7.34. The van der Waals surface area contributed by atoms with Crippen molar-refractivity contribution in [1.29, 1.82) is 0 Å². The lowest BCUT2D eigenvalue weighted by atomic mass is 9.97. The molecular formula is C31H28ClN3O2. The number of para-hydroxylation sites is 2. The SMILES string of the molecule is CCc1ccc(C(=O)N(CC(=O)N2c3ccccc3-n3cccc3C2c2ccc(Cl)cc2)C2CC2)cc1. The predicted molar refractivity (Wildman–Crippen MR) is 146 cm³/mol. The highest BCUT2D eigenvalue weighted by atomic mass is 35.5. The number of hydrogen-bond donors (Lipinski definition) is 0. The van der Waals surface area contributed by atoms with Gasteiger partial charge in [-0.2, -0.15) is 0 Å². The van der Waals surface area contributed by atoms with Crippen molar-refractivity contribution in [3.8, 4) is 5.69 Å². The molecule has 186 valence electrons. The van der Waals surface area contributed by atoms with Crippen LogP contribution in [0.1, 0.15) is 53.0 Å². The number of aryl methyl sites for hydroxylation is 1. The van der Waals surface area contributed by atoms with Gasteiger partial charge in [-0.3, -0.25) is 14.5 Å². The van der Waals surface area contributed by atoms with Crippen molar-refractivity contribution in [3.63, 3.8) is 0 Å². The smallest absolute Gasteiger partial charge is 0.254 e. The van der Waals surface area contributed by atoms with E-state index in [4.69, 9.17) is 11.6 Å². The highest BCUT2D eigenvalue weighted by Crippen LogP contribution is 2.42. The summed E-state index contributed by atoms with van der Waals surface area (Å²) < 4.78 is 2.14. The van der Waals surface area contributed by atoms with Crippen molar-refractivity contribution >= 4 is 29.1 Å². The molecule has 1 aliphatic heterocycles. The van der Waals surface area contributed by atoms with Gasteiger partial charge in [0.1, 0.15) is 12.6 Å². The first-order chi connectivity index (χ1) is 18.0. The van der Waals surface area contributed by atoms with E-state index in [1.165, 1.54) is 5.56 Å². The van der Waals surface area contributed by atoms with E-state index in [-0.39, 0.29) is 30.4 Å². The van der Waals surface area contributed by atoms with E-state index in [1.54, 1.807) is 4.90 Å². The van der Waals surface area contributed by atoms with Crippen LogP contribution < -0.4 is 4.90 Å². The molecule has 6 heteroatoms. The van der Waals surface area contributed by atoms with Gasteiger partial charge >= 0.3 is 0 Å². The van der Waals surface area contributed by atoms with E-state index in [1.807, 2.05) is 90.0 Å². The standard InChI is InChI=1S/C31H28ClN3O2/c1-2-21-9-11-23(12-10-21)31(37)34(25-17-18-25)20-29(36)35-27-7-4-3-6-26(27)33-19-5-8-28(33)30(35)22-13-15-24(32)16-14-22/h3-16,19,25,30H,2,17-18,20H2,1H3. The summed E-state index contributed by atoms with van der Waals surface area (Å²) in [5.74, 6) is -0.194. The van der Waals surface area contributed by atoms with Crippen LogP contribution >= 0.6 is 11.6 Å². The Kier molecular flexibility index (Phi) is 6.09. The molecule has 0 spiro atoms. The maximum Gasteiger partial charge on any atom is 0.254 e. The molecule has 0 N–H and O–H groups in total. The molecule has 1 aromatic heterocycles. The molecule has 0 radical (unpaired) electrons. The second kappa shape index (κ2) is 9.56. The lowest BCUT2D eigenvalue weighted by Gasteiger charge is -2.39. The second-order valence-electron chi connectivity index (χ2n) is 9.72. The van der Waals surface area contributed by atoms with E-state index < -0.39 is 0 Å². The lowest BCUT2D eigenvalue weighted by Crippen LogP contribution is -2.47. The van der Waals surface area contributed by atoms with Crippen LogP contribution in [-0.2, 0) is 11.2 Å². The number of halogens is 1. The van der Waals surface area contributed by atoms with Gasteiger partial charge in [0, 0.05) is 22.8 Å². The van der Waals surface area contributed by atoms with Crippen LogP contribution in [0.5, 0.6) is 0 Å². The summed E-state index contributed by atoms with van der Waals surface area (Å²) in [6.07, 6.45) is 4.79. The number of anilines is 1. The quantitative estimate of drug-likeness (QED) is 0.300. The van der Waals surface area contributed by atoms with Gasteiger partial charge in [-0.25, -0.2) is 0 Å². The Bertz CT molecular complexity index is 1450. The van der Waals surface area contributed by atoms with Gasteiger partial charge < -0.3 is 9.47 Å². The molecule has 1 aliphatic carbocycles. The zero-order valence-electron chi connectivity index (χ0n) is 20.7. The molecule has 1 atom stereocenters. The number of aromatic nitrogens is 1. The van der Waals surface area contributed by atoms with Crippen molar-refractivity contribution < 1.29 is 9.59 Å². The van der Waals surface area contributed by atoms with Gasteiger partial charge in [0.05, 0.1) is 17.1 Å². The summed E-state index contributed by atoms with van der Waals surface area (Å²) in [7, 11) is 0. The van der Waals surface area contributed by atoms with E-state index in [9.17, 15) is 9.59 Å². The number of nitrogens with zero attached hydrogens (tertiary/aromatic N) is 3. The molecule has 3 aromatic carbocycles. The fraction of sp³-hybridized carbons (Fsp3) is 0.226. The number of benzene rings is 3. The predicted octanol–water partition coefficient (Wildman–Crippen LogP) is 6.43. The molecule has 5 nitrogen and oxygen atoms in total. The van der Waals surface area contributed by atoms with E-state index in [0.717, 1.165) is 41.9 Å². The summed E-state index contributed by atoms with van der Waals surface area (Å²) in [6, 6.07) is 27.1. The fourth-order valence-corrected chi connectivity index (χ4v) is 5.37.